The number of hydrogen-bond acceptors (Lipinski definition) is 5. The molecule has 0 radical (unpaired) electrons. The summed E-state index contributed by atoms with van der Waals surface area (Å²) in [5.74, 6) is 0.709. The van der Waals surface area contributed by atoms with E-state index in [1.54, 1.807) is 6.07 Å². The van der Waals surface area contributed by atoms with Crippen LogP contribution in [0, 0.1) is 16.0 Å². The highest BCUT2D eigenvalue weighted by Crippen LogP contribution is 2.31. The fourth-order valence-corrected chi connectivity index (χ4v) is 3.24. The van der Waals surface area contributed by atoms with Crippen LogP contribution in [-0.4, -0.2) is 22.2 Å². The second-order valence-electron chi connectivity index (χ2n) is 5.51. The van der Waals surface area contributed by atoms with E-state index in [4.69, 9.17) is 0 Å². The second kappa shape index (κ2) is 5.98. The summed E-state index contributed by atoms with van der Waals surface area (Å²) in [6.07, 6.45) is 3.82. The SMILES string of the molecule is CC1CCC(O)(CNCc2ccc([N+](=O)[O-])s2)CC1. The van der Waals surface area contributed by atoms with Gasteiger partial charge in [-0.15, -0.1) is 0 Å². The van der Waals surface area contributed by atoms with Gasteiger partial charge in [-0.1, -0.05) is 18.3 Å². The fourth-order valence-electron chi connectivity index (χ4n) is 2.45. The van der Waals surface area contributed by atoms with E-state index in [2.05, 4.69) is 12.2 Å². The van der Waals surface area contributed by atoms with Crippen LogP contribution in [0.25, 0.3) is 0 Å². The van der Waals surface area contributed by atoms with Crippen LogP contribution >= 0.6 is 11.3 Å². The molecule has 1 aliphatic rings. The zero-order valence-corrected chi connectivity index (χ0v) is 11.9. The van der Waals surface area contributed by atoms with Crippen molar-refractivity contribution in [2.75, 3.05) is 6.54 Å². The third-order valence-corrected chi connectivity index (χ3v) is 4.82. The highest BCUT2D eigenvalue weighted by molar-refractivity contribution is 7.15. The van der Waals surface area contributed by atoms with Crippen LogP contribution in [0.5, 0.6) is 0 Å². The van der Waals surface area contributed by atoms with Crippen LogP contribution in [0.4, 0.5) is 5.00 Å². The lowest BCUT2D eigenvalue weighted by molar-refractivity contribution is -0.380. The number of hydrogen-bond donors (Lipinski definition) is 2. The van der Waals surface area contributed by atoms with Gasteiger partial charge in [0.2, 0.25) is 0 Å². The minimum absolute atomic E-state index is 0.169. The first kappa shape index (κ1) is 14.4. The molecule has 106 valence electrons. The lowest BCUT2D eigenvalue weighted by Gasteiger charge is -2.35. The summed E-state index contributed by atoms with van der Waals surface area (Å²) in [6.45, 7) is 3.36. The van der Waals surface area contributed by atoms with Crippen molar-refractivity contribution >= 4 is 16.3 Å². The quantitative estimate of drug-likeness (QED) is 0.644. The molecule has 1 aromatic heterocycles. The normalized spacial score (nSPS) is 27.4. The molecule has 1 fully saturated rings. The van der Waals surface area contributed by atoms with E-state index in [-0.39, 0.29) is 9.92 Å². The smallest absolute Gasteiger partial charge is 0.324 e. The molecule has 0 unspecified atom stereocenters. The Morgan fingerprint density at radius 2 is 2.21 bits per heavy atom. The Hall–Kier alpha value is -0.980. The monoisotopic (exact) mass is 284 g/mol. The van der Waals surface area contributed by atoms with Crippen molar-refractivity contribution in [2.45, 2.75) is 44.8 Å². The molecule has 2 N–H and O–H groups in total. The van der Waals surface area contributed by atoms with Crippen molar-refractivity contribution < 1.29 is 10.0 Å². The molecule has 0 atom stereocenters. The molecule has 0 bridgehead atoms. The van der Waals surface area contributed by atoms with Crippen LogP contribution < -0.4 is 5.32 Å². The number of rotatable bonds is 5. The van der Waals surface area contributed by atoms with Gasteiger partial charge in [0.25, 0.3) is 0 Å². The van der Waals surface area contributed by atoms with Crippen LogP contribution in [0.2, 0.25) is 0 Å². The summed E-state index contributed by atoms with van der Waals surface area (Å²) in [6, 6.07) is 3.29. The minimum Gasteiger partial charge on any atom is -0.389 e. The summed E-state index contributed by atoms with van der Waals surface area (Å²) >= 11 is 1.18. The second-order valence-corrected chi connectivity index (χ2v) is 6.65. The van der Waals surface area contributed by atoms with Gasteiger partial charge in [0.15, 0.2) is 0 Å². The lowest BCUT2D eigenvalue weighted by Crippen LogP contribution is -2.43. The molecule has 5 nitrogen and oxygen atoms in total. The van der Waals surface area contributed by atoms with Gasteiger partial charge in [0.05, 0.1) is 10.5 Å². The van der Waals surface area contributed by atoms with Crippen molar-refractivity contribution in [3.63, 3.8) is 0 Å². The van der Waals surface area contributed by atoms with Crippen LogP contribution in [0.1, 0.15) is 37.5 Å². The number of aliphatic hydroxyl groups is 1. The third kappa shape index (κ3) is 3.99. The van der Waals surface area contributed by atoms with Crippen molar-refractivity contribution in [1.29, 1.82) is 0 Å². The molecule has 0 spiro atoms. The summed E-state index contributed by atoms with van der Waals surface area (Å²) in [7, 11) is 0. The van der Waals surface area contributed by atoms with E-state index in [0.29, 0.717) is 19.0 Å². The molecule has 0 aliphatic heterocycles. The average molecular weight is 284 g/mol. The minimum atomic E-state index is -0.601. The van der Waals surface area contributed by atoms with E-state index in [1.807, 2.05) is 0 Å². The molecule has 0 amide bonds. The van der Waals surface area contributed by atoms with Crippen LogP contribution in [0.3, 0.4) is 0 Å². The lowest BCUT2D eigenvalue weighted by atomic mass is 9.79. The Morgan fingerprint density at radius 3 is 2.79 bits per heavy atom. The Labute approximate surface area is 116 Å². The Balaban J connectivity index is 1.78. The number of thiophene rings is 1. The van der Waals surface area contributed by atoms with Crippen LogP contribution in [0.15, 0.2) is 12.1 Å². The van der Waals surface area contributed by atoms with E-state index in [9.17, 15) is 15.2 Å². The first-order valence-corrected chi connectivity index (χ1v) is 7.46. The summed E-state index contributed by atoms with van der Waals surface area (Å²) in [5.41, 5.74) is -0.601. The van der Waals surface area contributed by atoms with E-state index < -0.39 is 5.60 Å². The Morgan fingerprint density at radius 1 is 1.53 bits per heavy atom. The molecule has 19 heavy (non-hydrogen) atoms. The topological polar surface area (TPSA) is 75.4 Å². The highest BCUT2D eigenvalue weighted by Gasteiger charge is 2.31. The van der Waals surface area contributed by atoms with E-state index >= 15 is 0 Å². The van der Waals surface area contributed by atoms with Gasteiger partial charge in [0.1, 0.15) is 0 Å². The Bertz CT molecular complexity index is 439. The highest BCUT2D eigenvalue weighted by atomic mass is 32.1. The van der Waals surface area contributed by atoms with Gasteiger partial charge < -0.3 is 10.4 Å². The summed E-state index contributed by atoms with van der Waals surface area (Å²) in [4.78, 5) is 11.1. The zero-order chi connectivity index (χ0) is 13.9. The van der Waals surface area contributed by atoms with Crippen molar-refractivity contribution in [1.82, 2.24) is 5.32 Å². The molecule has 1 aromatic rings. The van der Waals surface area contributed by atoms with Gasteiger partial charge in [-0.3, -0.25) is 10.1 Å². The number of nitrogens with one attached hydrogen (secondary N) is 1. The molecular formula is C13H20N2O3S. The standard InChI is InChI=1S/C13H20N2O3S/c1-10-4-6-13(16,7-5-10)9-14-8-11-2-3-12(19-11)15(17)18/h2-3,10,14,16H,4-9H2,1H3. The van der Waals surface area contributed by atoms with Gasteiger partial charge >= 0.3 is 5.00 Å². The maximum atomic E-state index is 10.6. The van der Waals surface area contributed by atoms with Gasteiger partial charge in [0, 0.05) is 24.0 Å². The average Bonchev–Trinajstić information content (AvgIpc) is 2.82. The zero-order valence-electron chi connectivity index (χ0n) is 11.1. The van der Waals surface area contributed by atoms with E-state index in [0.717, 1.165) is 30.6 Å². The number of nitrogens with zero attached hydrogens (tertiary/aromatic N) is 1. The third-order valence-electron chi connectivity index (χ3n) is 3.79. The Kier molecular flexibility index (Phi) is 4.54. The van der Waals surface area contributed by atoms with Crippen molar-refractivity contribution in [3.05, 3.63) is 27.1 Å². The summed E-state index contributed by atoms with van der Waals surface area (Å²) in [5, 5.41) is 24.4. The van der Waals surface area contributed by atoms with Crippen molar-refractivity contribution in [2.24, 2.45) is 5.92 Å². The largest absolute Gasteiger partial charge is 0.389 e. The van der Waals surface area contributed by atoms with Gasteiger partial charge in [-0.05, 0) is 37.7 Å². The molecule has 0 saturated heterocycles. The molecule has 6 heteroatoms. The molecule has 2 rings (SSSR count). The molecule has 1 heterocycles. The molecule has 1 aliphatic carbocycles. The first-order chi connectivity index (χ1) is 8.98. The first-order valence-electron chi connectivity index (χ1n) is 6.65. The maximum absolute atomic E-state index is 10.6. The summed E-state index contributed by atoms with van der Waals surface area (Å²) < 4.78 is 0. The van der Waals surface area contributed by atoms with Gasteiger partial charge in [-0.25, -0.2) is 0 Å². The predicted molar refractivity (Wildman–Crippen MR) is 75.3 cm³/mol. The van der Waals surface area contributed by atoms with Gasteiger partial charge in [-0.2, -0.15) is 0 Å². The molecular weight excluding hydrogens is 264 g/mol. The van der Waals surface area contributed by atoms with Crippen molar-refractivity contribution in [3.8, 4) is 0 Å². The van der Waals surface area contributed by atoms with E-state index in [1.165, 1.54) is 17.4 Å². The number of nitro groups is 1. The van der Waals surface area contributed by atoms with Crippen LogP contribution in [-0.2, 0) is 6.54 Å². The maximum Gasteiger partial charge on any atom is 0.324 e. The predicted octanol–water partition coefficient (Wildman–Crippen LogP) is 2.69. The molecule has 0 aromatic carbocycles. The molecule has 1 saturated carbocycles. The fraction of sp³-hybridized carbons (Fsp3) is 0.692.